The number of aromatic amines is 1. The molecule has 7 heteroatoms. The van der Waals surface area contributed by atoms with Crippen LogP contribution in [0.5, 0.6) is 0 Å². The number of hydrogen-bond acceptors (Lipinski definition) is 5. The maximum absolute atomic E-state index is 5.86. The van der Waals surface area contributed by atoms with Crippen LogP contribution < -0.4 is 5.32 Å². The number of H-pyrrole nitrogens is 1. The van der Waals surface area contributed by atoms with Crippen LogP contribution in [0.2, 0.25) is 5.28 Å². The molecule has 3 aromatic rings. The zero-order valence-corrected chi connectivity index (χ0v) is 10.7. The Morgan fingerprint density at radius 3 is 2.89 bits per heavy atom. The summed E-state index contributed by atoms with van der Waals surface area (Å²) in [4.78, 5) is 12.2. The van der Waals surface area contributed by atoms with Gasteiger partial charge in [0, 0.05) is 18.9 Å². The third kappa shape index (κ3) is 2.63. The van der Waals surface area contributed by atoms with Crippen molar-refractivity contribution in [3.8, 4) is 0 Å². The summed E-state index contributed by atoms with van der Waals surface area (Å²) in [6, 6.07) is 3.98. The molecule has 0 amide bonds. The van der Waals surface area contributed by atoms with Gasteiger partial charge in [-0.15, -0.1) is 0 Å². The van der Waals surface area contributed by atoms with E-state index in [4.69, 9.17) is 11.6 Å². The second-order valence-electron chi connectivity index (χ2n) is 4.01. The average molecular weight is 275 g/mol. The van der Waals surface area contributed by atoms with E-state index in [0.717, 1.165) is 18.4 Å². The first kappa shape index (κ1) is 11.9. The highest BCUT2D eigenvalue weighted by molar-refractivity contribution is 6.28. The number of nitrogens with one attached hydrogen (secondary N) is 2. The van der Waals surface area contributed by atoms with Crippen molar-refractivity contribution in [3.05, 3.63) is 41.6 Å². The smallest absolute Gasteiger partial charge is 0.226 e. The number of hydrogen-bond donors (Lipinski definition) is 2. The van der Waals surface area contributed by atoms with Gasteiger partial charge < -0.3 is 5.32 Å². The predicted octanol–water partition coefficient (Wildman–Crippen LogP) is 2.06. The molecular formula is C12H11ClN6. The van der Waals surface area contributed by atoms with Crippen LogP contribution in [0.1, 0.15) is 5.56 Å². The summed E-state index contributed by atoms with van der Waals surface area (Å²) >= 11 is 5.86. The Morgan fingerprint density at radius 2 is 2.05 bits per heavy atom. The molecule has 0 aromatic carbocycles. The van der Waals surface area contributed by atoms with Crippen molar-refractivity contribution < 1.29 is 0 Å². The fourth-order valence-corrected chi connectivity index (χ4v) is 1.99. The summed E-state index contributed by atoms with van der Waals surface area (Å²) in [6.45, 7) is 0.748. The quantitative estimate of drug-likeness (QED) is 0.712. The average Bonchev–Trinajstić information content (AvgIpc) is 2.88. The Kier molecular flexibility index (Phi) is 3.24. The summed E-state index contributed by atoms with van der Waals surface area (Å²) in [5.74, 6) is 0.692. The Labute approximate surface area is 114 Å². The van der Waals surface area contributed by atoms with Crippen molar-refractivity contribution >= 4 is 28.5 Å². The summed E-state index contributed by atoms with van der Waals surface area (Å²) in [7, 11) is 0. The normalized spacial score (nSPS) is 10.8. The van der Waals surface area contributed by atoms with E-state index < -0.39 is 0 Å². The van der Waals surface area contributed by atoms with Crippen LogP contribution in [-0.2, 0) is 6.42 Å². The van der Waals surface area contributed by atoms with E-state index in [1.807, 2.05) is 12.1 Å². The highest BCUT2D eigenvalue weighted by Crippen LogP contribution is 2.19. The minimum absolute atomic E-state index is 0.197. The second-order valence-corrected chi connectivity index (χ2v) is 4.34. The lowest BCUT2D eigenvalue weighted by Gasteiger charge is -2.06. The van der Waals surface area contributed by atoms with Gasteiger partial charge in [0.2, 0.25) is 5.28 Å². The van der Waals surface area contributed by atoms with Gasteiger partial charge in [-0.05, 0) is 35.7 Å². The van der Waals surface area contributed by atoms with Crippen LogP contribution in [0, 0.1) is 0 Å². The van der Waals surface area contributed by atoms with Gasteiger partial charge in [0.15, 0.2) is 5.65 Å². The zero-order chi connectivity index (χ0) is 13.1. The van der Waals surface area contributed by atoms with Crippen LogP contribution in [-0.4, -0.2) is 31.7 Å². The van der Waals surface area contributed by atoms with Gasteiger partial charge in [-0.1, -0.05) is 0 Å². The first-order valence-corrected chi connectivity index (χ1v) is 6.20. The molecule has 3 aromatic heterocycles. The van der Waals surface area contributed by atoms with Gasteiger partial charge in [-0.2, -0.15) is 15.1 Å². The van der Waals surface area contributed by atoms with Gasteiger partial charge in [0.05, 0.1) is 11.6 Å². The summed E-state index contributed by atoms with van der Waals surface area (Å²) in [5, 5.41) is 11.0. The summed E-state index contributed by atoms with van der Waals surface area (Å²) in [6.07, 6.45) is 6.13. The second kappa shape index (κ2) is 5.19. The van der Waals surface area contributed by atoms with E-state index in [-0.39, 0.29) is 5.28 Å². The lowest BCUT2D eigenvalue weighted by Crippen LogP contribution is -2.07. The highest BCUT2D eigenvalue weighted by atomic mass is 35.5. The van der Waals surface area contributed by atoms with Crippen LogP contribution in [0.25, 0.3) is 11.0 Å². The Balaban J connectivity index is 1.73. The molecule has 0 aliphatic carbocycles. The van der Waals surface area contributed by atoms with Crippen molar-refractivity contribution in [1.29, 1.82) is 0 Å². The van der Waals surface area contributed by atoms with Crippen molar-refractivity contribution in [1.82, 2.24) is 25.1 Å². The molecule has 0 aliphatic rings. The molecule has 0 radical (unpaired) electrons. The van der Waals surface area contributed by atoms with E-state index in [0.29, 0.717) is 11.5 Å². The highest BCUT2D eigenvalue weighted by Gasteiger charge is 2.07. The summed E-state index contributed by atoms with van der Waals surface area (Å²) in [5.41, 5.74) is 1.84. The largest absolute Gasteiger partial charge is 0.369 e. The molecule has 0 saturated carbocycles. The van der Waals surface area contributed by atoms with Crippen LogP contribution in [0.3, 0.4) is 0 Å². The molecule has 96 valence electrons. The maximum Gasteiger partial charge on any atom is 0.226 e. The number of rotatable bonds is 4. The molecule has 3 rings (SSSR count). The standard InChI is InChI=1S/C12H11ClN6/c13-12-17-10(9-7-16-19-11(9)18-12)15-6-3-8-1-4-14-5-2-8/h1-2,4-5,7H,3,6H2,(H2,15,16,17,18,19). The molecule has 0 fully saturated rings. The van der Waals surface area contributed by atoms with Gasteiger partial charge >= 0.3 is 0 Å². The first-order chi connectivity index (χ1) is 9.33. The minimum atomic E-state index is 0.197. The van der Waals surface area contributed by atoms with E-state index in [1.165, 1.54) is 5.56 Å². The summed E-state index contributed by atoms with van der Waals surface area (Å²) < 4.78 is 0. The fourth-order valence-electron chi connectivity index (χ4n) is 1.82. The van der Waals surface area contributed by atoms with Crippen molar-refractivity contribution in [2.75, 3.05) is 11.9 Å². The van der Waals surface area contributed by atoms with Crippen molar-refractivity contribution in [2.24, 2.45) is 0 Å². The van der Waals surface area contributed by atoms with E-state index in [2.05, 4.69) is 30.5 Å². The topological polar surface area (TPSA) is 79.4 Å². The van der Waals surface area contributed by atoms with Crippen LogP contribution >= 0.6 is 11.6 Å². The lowest BCUT2D eigenvalue weighted by molar-refractivity contribution is 0.999. The SMILES string of the molecule is Clc1nc(NCCc2ccncc2)c2cn[nH]c2n1. The fraction of sp³-hybridized carbons (Fsp3) is 0.167. The van der Waals surface area contributed by atoms with Crippen molar-refractivity contribution in [2.45, 2.75) is 6.42 Å². The third-order valence-corrected chi connectivity index (χ3v) is 2.91. The van der Waals surface area contributed by atoms with Gasteiger partial charge in [0.1, 0.15) is 5.82 Å². The van der Waals surface area contributed by atoms with Crippen molar-refractivity contribution in [3.63, 3.8) is 0 Å². The Morgan fingerprint density at radius 1 is 1.21 bits per heavy atom. The molecule has 0 atom stereocenters. The molecule has 0 bridgehead atoms. The first-order valence-electron chi connectivity index (χ1n) is 5.82. The number of anilines is 1. The van der Waals surface area contributed by atoms with Gasteiger partial charge in [0.25, 0.3) is 0 Å². The van der Waals surface area contributed by atoms with E-state index in [9.17, 15) is 0 Å². The molecule has 2 N–H and O–H groups in total. The lowest BCUT2D eigenvalue weighted by atomic mass is 10.2. The zero-order valence-electron chi connectivity index (χ0n) is 9.97. The number of halogens is 1. The van der Waals surface area contributed by atoms with Gasteiger partial charge in [-0.25, -0.2) is 0 Å². The Hall–Kier alpha value is -2.21. The number of pyridine rings is 1. The van der Waals surface area contributed by atoms with Crippen LogP contribution in [0.15, 0.2) is 30.7 Å². The maximum atomic E-state index is 5.86. The number of nitrogens with zero attached hydrogens (tertiary/aromatic N) is 4. The molecule has 0 unspecified atom stereocenters. The predicted molar refractivity (Wildman–Crippen MR) is 73.1 cm³/mol. The third-order valence-electron chi connectivity index (χ3n) is 2.74. The van der Waals surface area contributed by atoms with Gasteiger partial charge in [-0.3, -0.25) is 10.1 Å². The molecule has 6 nitrogen and oxygen atoms in total. The van der Waals surface area contributed by atoms with E-state index in [1.54, 1.807) is 18.6 Å². The molecule has 3 heterocycles. The molecule has 0 aliphatic heterocycles. The number of aromatic nitrogens is 5. The minimum Gasteiger partial charge on any atom is -0.369 e. The molecule has 0 saturated heterocycles. The Bertz CT molecular complexity index is 681. The van der Waals surface area contributed by atoms with Crippen LogP contribution in [0.4, 0.5) is 5.82 Å². The molecular weight excluding hydrogens is 264 g/mol. The number of fused-ring (bicyclic) bond motifs is 1. The molecule has 0 spiro atoms. The van der Waals surface area contributed by atoms with E-state index >= 15 is 0 Å². The monoisotopic (exact) mass is 274 g/mol. The molecule has 19 heavy (non-hydrogen) atoms.